The maximum Gasteiger partial charge on any atom is 0.254 e. The van der Waals surface area contributed by atoms with E-state index in [0.717, 1.165) is 31.5 Å². The molecule has 0 N–H and O–H groups in total. The van der Waals surface area contributed by atoms with Gasteiger partial charge in [0.1, 0.15) is 0 Å². The van der Waals surface area contributed by atoms with Gasteiger partial charge in [-0.1, -0.05) is 12.1 Å². The van der Waals surface area contributed by atoms with E-state index in [1.54, 1.807) is 0 Å². The van der Waals surface area contributed by atoms with E-state index in [2.05, 4.69) is 6.07 Å². The molecule has 0 heterocycles. The van der Waals surface area contributed by atoms with Crippen molar-refractivity contribution in [1.29, 1.82) is 0 Å². The van der Waals surface area contributed by atoms with Crippen molar-refractivity contribution in [3.63, 3.8) is 0 Å². The van der Waals surface area contributed by atoms with Crippen LogP contribution in [0.2, 0.25) is 0 Å². The van der Waals surface area contributed by atoms with Crippen molar-refractivity contribution in [2.75, 3.05) is 13.1 Å². The Morgan fingerprint density at radius 2 is 1.88 bits per heavy atom. The lowest BCUT2D eigenvalue weighted by atomic mass is 9.88. The average Bonchev–Trinajstić information content (AvgIpc) is 2.39. The topological polar surface area (TPSA) is 20.3 Å². The van der Waals surface area contributed by atoms with Gasteiger partial charge in [0.05, 0.1) is 0 Å². The van der Waals surface area contributed by atoms with Crippen LogP contribution in [0.3, 0.4) is 0 Å². The molecule has 1 aliphatic rings. The number of carbonyl (C=O) groups is 1. The van der Waals surface area contributed by atoms with E-state index in [1.165, 1.54) is 24.0 Å². The molecule has 0 unspecified atom stereocenters. The van der Waals surface area contributed by atoms with Gasteiger partial charge >= 0.3 is 0 Å². The van der Waals surface area contributed by atoms with Crippen LogP contribution in [0, 0.1) is 0 Å². The van der Waals surface area contributed by atoms with Crippen LogP contribution in [0.15, 0.2) is 18.2 Å². The minimum absolute atomic E-state index is 0.203. The Kier molecular flexibility index (Phi) is 3.82. The molecule has 1 amide bonds. The summed E-state index contributed by atoms with van der Waals surface area (Å²) in [5.41, 5.74) is 3.62. The highest BCUT2D eigenvalue weighted by Gasteiger charge is 2.20. The van der Waals surface area contributed by atoms with Crippen LogP contribution < -0.4 is 0 Å². The molecule has 0 spiro atoms. The lowest BCUT2D eigenvalue weighted by Crippen LogP contribution is -2.31. The maximum absolute atomic E-state index is 12.4. The highest BCUT2D eigenvalue weighted by molar-refractivity contribution is 5.96. The fourth-order valence-electron chi connectivity index (χ4n) is 2.66. The van der Waals surface area contributed by atoms with Crippen LogP contribution in [0.4, 0.5) is 0 Å². The number of hydrogen-bond donors (Lipinski definition) is 0. The Morgan fingerprint density at radius 3 is 2.59 bits per heavy atom. The Labute approximate surface area is 104 Å². The maximum atomic E-state index is 12.4. The van der Waals surface area contributed by atoms with E-state index >= 15 is 0 Å². The molecular formula is C15H21NO. The number of carbonyl (C=O) groups excluding carboxylic acids is 1. The number of amides is 1. The number of fused-ring (bicyclic) bond motifs is 1. The summed E-state index contributed by atoms with van der Waals surface area (Å²) in [4.78, 5) is 14.3. The zero-order valence-corrected chi connectivity index (χ0v) is 10.8. The van der Waals surface area contributed by atoms with Gasteiger partial charge in [-0.05, 0) is 56.7 Å². The van der Waals surface area contributed by atoms with Gasteiger partial charge in [-0.15, -0.1) is 0 Å². The van der Waals surface area contributed by atoms with Crippen LogP contribution in [-0.4, -0.2) is 23.9 Å². The molecular weight excluding hydrogens is 210 g/mol. The molecule has 17 heavy (non-hydrogen) atoms. The molecule has 0 radical (unpaired) electrons. The number of benzene rings is 1. The molecule has 92 valence electrons. The molecule has 0 bridgehead atoms. The largest absolute Gasteiger partial charge is 0.339 e. The third-order valence-corrected chi connectivity index (χ3v) is 3.68. The minimum atomic E-state index is 0.203. The van der Waals surface area contributed by atoms with Crippen LogP contribution in [0.1, 0.15) is 48.2 Å². The lowest BCUT2D eigenvalue weighted by Gasteiger charge is -2.23. The number of rotatable bonds is 3. The van der Waals surface area contributed by atoms with Crippen molar-refractivity contribution in [2.24, 2.45) is 0 Å². The summed E-state index contributed by atoms with van der Waals surface area (Å²) in [6.45, 7) is 5.66. The second-order valence-corrected chi connectivity index (χ2v) is 4.63. The van der Waals surface area contributed by atoms with Crippen LogP contribution in [0.25, 0.3) is 0 Å². The summed E-state index contributed by atoms with van der Waals surface area (Å²) in [5.74, 6) is 0.203. The second-order valence-electron chi connectivity index (χ2n) is 4.63. The van der Waals surface area contributed by atoms with Gasteiger partial charge in [0.15, 0.2) is 0 Å². The highest BCUT2D eigenvalue weighted by atomic mass is 16.2. The van der Waals surface area contributed by atoms with Gasteiger partial charge in [0.2, 0.25) is 0 Å². The SMILES string of the molecule is CCN(CC)C(=O)c1cccc2c1CCCC2. The van der Waals surface area contributed by atoms with Crippen LogP contribution >= 0.6 is 0 Å². The molecule has 0 aromatic heterocycles. The molecule has 1 aromatic carbocycles. The zero-order chi connectivity index (χ0) is 12.3. The van der Waals surface area contributed by atoms with Crippen LogP contribution in [-0.2, 0) is 12.8 Å². The van der Waals surface area contributed by atoms with Crippen molar-refractivity contribution in [3.8, 4) is 0 Å². The molecule has 2 nitrogen and oxygen atoms in total. The predicted molar refractivity (Wildman–Crippen MR) is 70.3 cm³/mol. The highest BCUT2D eigenvalue weighted by Crippen LogP contribution is 2.25. The van der Waals surface area contributed by atoms with E-state index in [0.29, 0.717) is 0 Å². The lowest BCUT2D eigenvalue weighted by molar-refractivity contribution is 0.0771. The van der Waals surface area contributed by atoms with Crippen molar-refractivity contribution in [2.45, 2.75) is 39.5 Å². The summed E-state index contributed by atoms with van der Waals surface area (Å²) in [7, 11) is 0. The standard InChI is InChI=1S/C15H21NO/c1-3-16(4-2)15(17)14-11-7-9-12-8-5-6-10-13(12)14/h7,9,11H,3-6,8,10H2,1-2H3. The van der Waals surface area contributed by atoms with Gasteiger partial charge in [-0.25, -0.2) is 0 Å². The summed E-state index contributed by atoms with van der Waals surface area (Å²) >= 11 is 0. The molecule has 2 heteroatoms. The quantitative estimate of drug-likeness (QED) is 0.783. The monoisotopic (exact) mass is 231 g/mol. The third-order valence-electron chi connectivity index (χ3n) is 3.68. The number of nitrogens with zero attached hydrogens (tertiary/aromatic N) is 1. The minimum Gasteiger partial charge on any atom is -0.339 e. The summed E-state index contributed by atoms with van der Waals surface area (Å²) < 4.78 is 0. The van der Waals surface area contributed by atoms with Crippen molar-refractivity contribution in [1.82, 2.24) is 4.90 Å². The molecule has 0 fully saturated rings. The summed E-state index contributed by atoms with van der Waals surface area (Å²) in [6.07, 6.45) is 4.68. The molecule has 1 aliphatic carbocycles. The van der Waals surface area contributed by atoms with Crippen molar-refractivity contribution in [3.05, 3.63) is 34.9 Å². The van der Waals surface area contributed by atoms with E-state index in [1.807, 2.05) is 30.9 Å². The molecule has 1 aromatic rings. The van der Waals surface area contributed by atoms with E-state index in [9.17, 15) is 4.79 Å². The first-order valence-electron chi connectivity index (χ1n) is 6.68. The molecule has 0 atom stereocenters. The first-order chi connectivity index (χ1) is 8.27. The average molecular weight is 231 g/mol. The van der Waals surface area contributed by atoms with E-state index < -0.39 is 0 Å². The van der Waals surface area contributed by atoms with Crippen molar-refractivity contribution < 1.29 is 4.79 Å². The molecule has 0 aliphatic heterocycles. The number of hydrogen-bond acceptors (Lipinski definition) is 1. The third kappa shape index (κ3) is 2.36. The smallest absolute Gasteiger partial charge is 0.254 e. The van der Waals surface area contributed by atoms with E-state index in [4.69, 9.17) is 0 Å². The first kappa shape index (κ1) is 12.2. The number of aryl methyl sites for hydroxylation is 1. The Balaban J connectivity index is 2.35. The summed E-state index contributed by atoms with van der Waals surface area (Å²) in [6, 6.07) is 6.19. The second kappa shape index (κ2) is 5.35. The normalized spacial score (nSPS) is 14.2. The van der Waals surface area contributed by atoms with Gasteiger partial charge in [0.25, 0.3) is 5.91 Å². The van der Waals surface area contributed by atoms with Gasteiger partial charge in [-0.3, -0.25) is 4.79 Å². The fourth-order valence-corrected chi connectivity index (χ4v) is 2.66. The molecule has 0 saturated heterocycles. The van der Waals surface area contributed by atoms with Crippen LogP contribution in [0.5, 0.6) is 0 Å². The van der Waals surface area contributed by atoms with E-state index in [-0.39, 0.29) is 5.91 Å². The Bertz CT molecular complexity index is 407. The predicted octanol–water partition coefficient (Wildman–Crippen LogP) is 3.05. The van der Waals surface area contributed by atoms with Gasteiger partial charge < -0.3 is 4.90 Å². The first-order valence-corrected chi connectivity index (χ1v) is 6.68. The Hall–Kier alpha value is -1.31. The molecule has 2 rings (SSSR count). The fraction of sp³-hybridized carbons (Fsp3) is 0.533. The van der Waals surface area contributed by atoms with Gasteiger partial charge in [0, 0.05) is 18.7 Å². The Morgan fingerprint density at radius 1 is 1.18 bits per heavy atom. The molecule has 0 saturated carbocycles. The van der Waals surface area contributed by atoms with Crippen molar-refractivity contribution >= 4 is 5.91 Å². The summed E-state index contributed by atoms with van der Waals surface area (Å²) in [5, 5.41) is 0. The zero-order valence-electron chi connectivity index (χ0n) is 10.8. The van der Waals surface area contributed by atoms with Gasteiger partial charge in [-0.2, -0.15) is 0 Å².